The Kier molecular flexibility index (Phi) is 8.22. The van der Waals surface area contributed by atoms with Crippen LogP contribution < -0.4 is 15.4 Å². The van der Waals surface area contributed by atoms with Crippen LogP contribution in [-0.2, 0) is 6.54 Å². The fourth-order valence-electron chi connectivity index (χ4n) is 3.33. The van der Waals surface area contributed by atoms with Crippen LogP contribution in [0.15, 0.2) is 29.3 Å². The standard InChI is InChI=1S/C19H29F3N4O/c1-23-18(25-13-16-5-3-4-6-17(16)27-2)24-10-7-15-8-11-26(12-9-15)14-19(20,21)22/h3-6,15H,7-14H2,1-2H3,(H2,23,24,25). The van der Waals surface area contributed by atoms with Gasteiger partial charge in [-0.15, -0.1) is 0 Å². The van der Waals surface area contributed by atoms with Crippen LogP contribution >= 0.6 is 0 Å². The van der Waals surface area contributed by atoms with Crippen LogP contribution in [0.5, 0.6) is 5.75 Å². The first-order valence-corrected chi connectivity index (χ1v) is 9.27. The molecule has 0 radical (unpaired) electrons. The van der Waals surface area contributed by atoms with Gasteiger partial charge >= 0.3 is 6.18 Å². The van der Waals surface area contributed by atoms with Crippen molar-refractivity contribution in [3.8, 4) is 5.75 Å². The highest BCUT2D eigenvalue weighted by Crippen LogP contribution is 2.24. The van der Waals surface area contributed by atoms with Gasteiger partial charge in [-0.25, -0.2) is 0 Å². The summed E-state index contributed by atoms with van der Waals surface area (Å²) in [7, 11) is 3.36. The lowest BCUT2D eigenvalue weighted by molar-refractivity contribution is -0.148. The number of rotatable bonds is 7. The molecule has 8 heteroatoms. The first-order chi connectivity index (χ1) is 12.9. The van der Waals surface area contributed by atoms with Gasteiger partial charge in [0.25, 0.3) is 0 Å². The van der Waals surface area contributed by atoms with Crippen molar-refractivity contribution in [1.29, 1.82) is 0 Å². The van der Waals surface area contributed by atoms with Crippen LogP contribution in [0.25, 0.3) is 0 Å². The zero-order chi connectivity index (χ0) is 19.7. The Morgan fingerprint density at radius 3 is 2.56 bits per heavy atom. The number of piperidine rings is 1. The lowest BCUT2D eigenvalue weighted by Crippen LogP contribution is -2.41. The van der Waals surface area contributed by atoms with Crippen molar-refractivity contribution in [2.75, 3.05) is 40.3 Å². The van der Waals surface area contributed by atoms with Crippen molar-refractivity contribution in [2.24, 2.45) is 10.9 Å². The molecule has 0 saturated carbocycles. The molecule has 1 fully saturated rings. The van der Waals surface area contributed by atoms with E-state index in [1.807, 2.05) is 24.3 Å². The highest BCUT2D eigenvalue weighted by Gasteiger charge is 2.32. The molecule has 0 aliphatic carbocycles. The van der Waals surface area contributed by atoms with E-state index in [1.54, 1.807) is 14.2 Å². The summed E-state index contributed by atoms with van der Waals surface area (Å²) in [5.41, 5.74) is 1.04. The Hall–Kier alpha value is -1.96. The maximum atomic E-state index is 12.4. The number of hydrogen-bond donors (Lipinski definition) is 2. The minimum absolute atomic E-state index is 0.453. The van der Waals surface area contributed by atoms with E-state index < -0.39 is 12.7 Å². The van der Waals surface area contributed by atoms with E-state index in [9.17, 15) is 13.2 Å². The topological polar surface area (TPSA) is 48.9 Å². The molecule has 152 valence electrons. The lowest BCUT2D eigenvalue weighted by Gasteiger charge is -2.32. The number of methoxy groups -OCH3 is 1. The van der Waals surface area contributed by atoms with E-state index in [0.29, 0.717) is 31.5 Å². The summed E-state index contributed by atoms with van der Waals surface area (Å²) >= 11 is 0. The van der Waals surface area contributed by atoms with Crippen LogP contribution in [0.4, 0.5) is 13.2 Å². The van der Waals surface area contributed by atoms with Gasteiger partial charge < -0.3 is 15.4 Å². The molecule has 1 aromatic rings. The molecule has 0 spiro atoms. The van der Waals surface area contributed by atoms with Crippen molar-refractivity contribution in [2.45, 2.75) is 32.0 Å². The molecule has 1 aromatic carbocycles. The van der Waals surface area contributed by atoms with Crippen LogP contribution in [0.1, 0.15) is 24.8 Å². The number of alkyl halides is 3. The van der Waals surface area contributed by atoms with E-state index in [1.165, 1.54) is 4.90 Å². The van der Waals surface area contributed by atoms with Gasteiger partial charge in [-0.05, 0) is 44.3 Å². The lowest BCUT2D eigenvalue weighted by atomic mass is 9.93. The molecule has 2 rings (SSSR count). The molecule has 0 amide bonds. The summed E-state index contributed by atoms with van der Waals surface area (Å²) in [6, 6.07) is 7.79. The highest BCUT2D eigenvalue weighted by atomic mass is 19.4. The number of benzene rings is 1. The Labute approximate surface area is 159 Å². The van der Waals surface area contributed by atoms with Gasteiger partial charge in [-0.3, -0.25) is 9.89 Å². The highest BCUT2D eigenvalue weighted by molar-refractivity contribution is 5.79. The number of halogens is 3. The van der Waals surface area contributed by atoms with Crippen LogP contribution in [-0.4, -0.2) is 57.4 Å². The summed E-state index contributed by atoms with van der Waals surface area (Å²) in [5.74, 6) is 1.98. The molecule has 1 aliphatic heterocycles. The average molecular weight is 386 g/mol. The fraction of sp³-hybridized carbons (Fsp3) is 0.632. The summed E-state index contributed by atoms with van der Waals surface area (Å²) in [4.78, 5) is 5.71. The first kappa shape index (κ1) is 21.3. The number of hydrogen-bond acceptors (Lipinski definition) is 3. The minimum atomic E-state index is -4.10. The number of para-hydroxylation sites is 1. The number of ether oxygens (including phenoxy) is 1. The molecule has 0 unspecified atom stereocenters. The van der Waals surface area contributed by atoms with Crippen LogP contribution in [0.3, 0.4) is 0 Å². The average Bonchev–Trinajstić information content (AvgIpc) is 2.65. The second-order valence-electron chi connectivity index (χ2n) is 6.79. The Morgan fingerprint density at radius 1 is 1.22 bits per heavy atom. The normalized spacial score (nSPS) is 17.0. The second kappa shape index (κ2) is 10.4. The number of likely N-dealkylation sites (tertiary alicyclic amines) is 1. The third-order valence-corrected chi connectivity index (χ3v) is 4.82. The SMILES string of the molecule is CN=C(NCCC1CCN(CC(F)(F)F)CC1)NCc1ccccc1OC. The van der Waals surface area contributed by atoms with Gasteiger partial charge in [0.15, 0.2) is 5.96 Å². The molecule has 1 aliphatic rings. The van der Waals surface area contributed by atoms with Crippen LogP contribution in [0.2, 0.25) is 0 Å². The Morgan fingerprint density at radius 2 is 1.93 bits per heavy atom. The monoisotopic (exact) mass is 386 g/mol. The van der Waals surface area contributed by atoms with Gasteiger partial charge in [0.05, 0.1) is 13.7 Å². The van der Waals surface area contributed by atoms with E-state index >= 15 is 0 Å². The Bertz CT molecular complexity index is 599. The molecule has 0 atom stereocenters. The number of guanidine groups is 1. The van der Waals surface area contributed by atoms with Crippen molar-refractivity contribution in [3.63, 3.8) is 0 Å². The minimum Gasteiger partial charge on any atom is -0.496 e. The van der Waals surface area contributed by atoms with Crippen LogP contribution in [0, 0.1) is 5.92 Å². The van der Waals surface area contributed by atoms with Gasteiger partial charge in [-0.2, -0.15) is 13.2 Å². The molecular formula is C19H29F3N4O. The first-order valence-electron chi connectivity index (χ1n) is 9.27. The fourth-order valence-corrected chi connectivity index (χ4v) is 3.33. The molecule has 27 heavy (non-hydrogen) atoms. The van der Waals surface area contributed by atoms with Gasteiger partial charge in [0.2, 0.25) is 0 Å². The van der Waals surface area contributed by atoms with Gasteiger partial charge in [0, 0.05) is 25.7 Å². The summed E-state index contributed by atoms with van der Waals surface area (Å²) in [6.07, 6.45) is -1.56. The number of nitrogens with zero attached hydrogens (tertiary/aromatic N) is 2. The van der Waals surface area contributed by atoms with E-state index in [0.717, 1.165) is 37.1 Å². The Balaban J connectivity index is 1.67. The molecule has 2 N–H and O–H groups in total. The number of aliphatic imine (C=N–C) groups is 1. The van der Waals surface area contributed by atoms with E-state index in [4.69, 9.17) is 4.74 Å². The number of nitrogens with one attached hydrogen (secondary N) is 2. The van der Waals surface area contributed by atoms with Crippen molar-refractivity contribution in [1.82, 2.24) is 15.5 Å². The predicted molar refractivity (Wildman–Crippen MR) is 101 cm³/mol. The summed E-state index contributed by atoms with van der Waals surface area (Å²) in [5, 5.41) is 6.53. The second-order valence-corrected chi connectivity index (χ2v) is 6.79. The molecule has 5 nitrogen and oxygen atoms in total. The van der Waals surface area contributed by atoms with E-state index in [-0.39, 0.29) is 0 Å². The third kappa shape index (κ3) is 7.66. The maximum Gasteiger partial charge on any atom is 0.401 e. The molecular weight excluding hydrogens is 357 g/mol. The molecule has 0 bridgehead atoms. The molecule has 0 aromatic heterocycles. The maximum absolute atomic E-state index is 12.4. The van der Waals surface area contributed by atoms with Gasteiger partial charge in [-0.1, -0.05) is 18.2 Å². The molecule has 1 heterocycles. The summed E-state index contributed by atoms with van der Waals surface area (Å²) < 4.78 is 42.6. The predicted octanol–water partition coefficient (Wildman–Crippen LogP) is 3.02. The van der Waals surface area contributed by atoms with Crippen molar-refractivity contribution in [3.05, 3.63) is 29.8 Å². The van der Waals surface area contributed by atoms with Crippen molar-refractivity contribution >= 4 is 5.96 Å². The quantitative estimate of drug-likeness (QED) is 0.559. The summed E-state index contributed by atoms with van der Waals surface area (Å²) in [6.45, 7) is 1.59. The smallest absolute Gasteiger partial charge is 0.401 e. The zero-order valence-corrected chi connectivity index (χ0v) is 16.0. The largest absolute Gasteiger partial charge is 0.496 e. The third-order valence-electron chi connectivity index (χ3n) is 4.82. The van der Waals surface area contributed by atoms with Crippen molar-refractivity contribution < 1.29 is 17.9 Å². The van der Waals surface area contributed by atoms with E-state index in [2.05, 4.69) is 15.6 Å². The molecule has 1 saturated heterocycles. The van der Waals surface area contributed by atoms with Gasteiger partial charge in [0.1, 0.15) is 5.75 Å². The zero-order valence-electron chi connectivity index (χ0n) is 16.0.